The van der Waals surface area contributed by atoms with Crippen molar-refractivity contribution in [2.75, 3.05) is 30.3 Å². The third-order valence-corrected chi connectivity index (χ3v) is 4.49. The average molecular weight is 345 g/mol. The monoisotopic (exact) mass is 345 g/mol. The Labute approximate surface area is 153 Å². The van der Waals surface area contributed by atoms with Crippen molar-refractivity contribution in [3.05, 3.63) is 71.9 Å². The Morgan fingerprint density at radius 1 is 0.846 bits per heavy atom. The number of benzene rings is 2. The molecule has 1 aliphatic rings. The molecule has 0 aliphatic carbocycles. The molecule has 5 heteroatoms. The van der Waals surface area contributed by atoms with Crippen molar-refractivity contribution in [3.63, 3.8) is 0 Å². The van der Waals surface area contributed by atoms with E-state index in [0.717, 1.165) is 61.2 Å². The summed E-state index contributed by atoms with van der Waals surface area (Å²) in [4.78, 5) is 9.61. The predicted octanol–water partition coefficient (Wildman–Crippen LogP) is 3.31. The predicted molar refractivity (Wildman–Crippen MR) is 106 cm³/mol. The summed E-state index contributed by atoms with van der Waals surface area (Å²) in [6, 6.07) is 20.4. The van der Waals surface area contributed by atoms with E-state index in [4.69, 9.17) is 9.97 Å². The fourth-order valence-electron chi connectivity index (χ4n) is 3.17. The van der Waals surface area contributed by atoms with Gasteiger partial charge in [-0.25, -0.2) is 9.97 Å². The van der Waals surface area contributed by atoms with E-state index in [-0.39, 0.29) is 0 Å². The highest BCUT2D eigenvalue weighted by Crippen LogP contribution is 2.24. The smallest absolute Gasteiger partial charge is 0.161 e. The van der Waals surface area contributed by atoms with Gasteiger partial charge in [-0.2, -0.15) is 0 Å². The molecule has 0 spiro atoms. The number of aromatic nitrogens is 2. The molecule has 2 aromatic carbocycles. The summed E-state index contributed by atoms with van der Waals surface area (Å²) >= 11 is 0. The van der Waals surface area contributed by atoms with Crippen molar-refractivity contribution >= 4 is 11.5 Å². The summed E-state index contributed by atoms with van der Waals surface area (Å²) < 4.78 is 0. The van der Waals surface area contributed by atoms with E-state index in [0.29, 0.717) is 0 Å². The Morgan fingerprint density at radius 2 is 1.58 bits per heavy atom. The molecule has 26 heavy (non-hydrogen) atoms. The van der Waals surface area contributed by atoms with Crippen LogP contribution in [0.25, 0.3) is 11.4 Å². The maximum Gasteiger partial charge on any atom is 0.161 e. The molecular formula is C21H23N5. The summed E-state index contributed by atoms with van der Waals surface area (Å²) in [7, 11) is 0. The molecule has 3 N–H and O–H groups in total. The lowest BCUT2D eigenvalue weighted by Crippen LogP contribution is -2.27. The van der Waals surface area contributed by atoms with Crippen LogP contribution in [0.1, 0.15) is 11.3 Å². The van der Waals surface area contributed by atoms with Gasteiger partial charge in [0.1, 0.15) is 5.82 Å². The van der Waals surface area contributed by atoms with Gasteiger partial charge in [0.2, 0.25) is 0 Å². The first-order valence-electron chi connectivity index (χ1n) is 9.09. The van der Waals surface area contributed by atoms with Gasteiger partial charge in [0.15, 0.2) is 5.82 Å². The normalized spacial score (nSPS) is 13.1. The van der Waals surface area contributed by atoms with Crippen LogP contribution in [0, 0.1) is 0 Å². The van der Waals surface area contributed by atoms with Crippen LogP contribution < -0.4 is 16.0 Å². The largest absolute Gasteiger partial charge is 0.383 e. The molecule has 4 rings (SSSR count). The zero-order valence-electron chi connectivity index (χ0n) is 14.7. The maximum absolute atomic E-state index is 4.82. The molecule has 0 saturated heterocycles. The van der Waals surface area contributed by atoms with Gasteiger partial charge in [-0.05, 0) is 25.1 Å². The molecule has 132 valence electrons. The minimum Gasteiger partial charge on any atom is -0.383 e. The van der Waals surface area contributed by atoms with E-state index in [1.165, 1.54) is 5.56 Å². The fourth-order valence-corrected chi connectivity index (χ4v) is 3.17. The Morgan fingerprint density at radius 3 is 2.38 bits per heavy atom. The highest BCUT2D eigenvalue weighted by atomic mass is 15.1. The highest BCUT2D eigenvalue weighted by Gasteiger charge is 2.17. The minimum atomic E-state index is 0.784. The number of para-hydroxylation sites is 1. The zero-order valence-corrected chi connectivity index (χ0v) is 14.7. The van der Waals surface area contributed by atoms with Crippen LogP contribution in [-0.2, 0) is 13.0 Å². The van der Waals surface area contributed by atoms with Gasteiger partial charge in [0, 0.05) is 36.4 Å². The standard InChI is InChI=1S/C21H23N5/c1-3-7-16(8-4-1)20-25-19-15-22-12-11-18(19)21(26-20)24-14-13-23-17-9-5-2-6-10-17/h1-10,22-23H,11-15H2,(H,24,25,26). The average Bonchev–Trinajstić information content (AvgIpc) is 2.72. The quantitative estimate of drug-likeness (QED) is 0.598. The third kappa shape index (κ3) is 3.83. The number of rotatable bonds is 6. The summed E-state index contributed by atoms with van der Waals surface area (Å²) in [6.45, 7) is 3.41. The molecule has 0 unspecified atom stereocenters. The summed E-state index contributed by atoms with van der Waals surface area (Å²) in [6.07, 6.45) is 0.957. The fraction of sp³-hybridized carbons (Fsp3) is 0.238. The first-order valence-corrected chi connectivity index (χ1v) is 9.09. The molecule has 3 aromatic rings. The Kier molecular flexibility index (Phi) is 5.07. The van der Waals surface area contributed by atoms with E-state index in [1.54, 1.807) is 0 Å². The van der Waals surface area contributed by atoms with Crippen LogP contribution in [0.2, 0.25) is 0 Å². The second-order valence-electron chi connectivity index (χ2n) is 6.33. The first kappa shape index (κ1) is 16.5. The molecule has 1 aromatic heterocycles. The van der Waals surface area contributed by atoms with Crippen LogP contribution in [-0.4, -0.2) is 29.6 Å². The molecule has 0 atom stereocenters. The van der Waals surface area contributed by atoms with E-state index >= 15 is 0 Å². The minimum absolute atomic E-state index is 0.784. The SMILES string of the molecule is c1ccc(NCCNc2nc(-c3ccccc3)nc3c2CCNC3)cc1. The number of nitrogens with zero attached hydrogens (tertiary/aromatic N) is 2. The van der Waals surface area contributed by atoms with Gasteiger partial charge in [0.05, 0.1) is 5.69 Å². The van der Waals surface area contributed by atoms with E-state index in [2.05, 4.69) is 40.2 Å². The lowest BCUT2D eigenvalue weighted by atomic mass is 10.1. The number of fused-ring (bicyclic) bond motifs is 1. The maximum atomic E-state index is 4.82. The number of hydrogen-bond acceptors (Lipinski definition) is 5. The van der Waals surface area contributed by atoms with Gasteiger partial charge >= 0.3 is 0 Å². The van der Waals surface area contributed by atoms with Gasteiger partial charge in [-0.3, -0.25) is 0 Å². The van der Waals surface area contributed by atoms with Crippen LogP contribution in [0.15, 0.2) is 60.7 Å². The first-order chi connectivity index (χ1) is 12.9. The van der Waals surface area contributed by atoms with E-state index in [9.17, 15) is 0 Å². The summed E-state index contributed by atoms with van der Waals surface area (Å²) in [5, 5.41) is 10.3. The summed E-state index contributed by atoms with van der Waals surface area (Å²) in [5.41, 5.74) is 4.52. The number of nitrogens with one attached hydrogen (secondary N) is 3. The Balaban J connectivity index is 1.50. The molecular weight excluding hydrogens is 322 g/mol. The third-order valence-electron chi connectivity index (χ3n) is 4.49. The zero-order chi connectivity index (χ0) is 17.6. The molecule has 0 fully saturated rings. The molecule has 2 heterocycles. The summed E-state index contributed by atoms with van der Waals surface area (Å²) in [5.74, 6) is 1.75. The van der Waals surface area contributed by atoms with Crippen molar-refractivity contribution in [1.29, 1.82) is 0 Å². The Bertz CT molecular complexity index is 849. The lowest BCUT2D eigenvalue weighted by Gasteiger charge is -2.21. The lowest BCUT2D eigenvalue weighted by molar-refractivity contribution is 0.625. The van der Waals surface area contributed by atoms with Gasteiger partial charge in [0.25, 0.3) is 0 Å². The van der Waals surface area contributed by atoms with Crippen molar-refractivity contribution in [3.8, 4) is 11.4 Å². The molecule has 0 radical (unpaired) electrons. The van der Waals surface area contributed by atoms with Crippen LogP contribution in [0.3, 0.4) is 0 Å². The molecule has 0 amide bonds. The van der Waals surface area contributed by atoms with Gasteiger partial charge in [-0.1, -0.05) is 48.5 Å². The Hall–Kier alpha value is -2.92. The second-order valence-corrected chi connectivity index (χ2v) is 6.33. The van der Waals surface area contributed by atoms with E-state index < -0.39 is 0 Å². The van der Waals surface area contributed by atoms with Crippen molar-refractivity contribution < 1.29 is 0 Å². The highest BCUT2D eigenvalue weighted by molar-refractivity contribution is 5.60. The topological polar surface area (TPSA) is 61.9 Å². The molecule has 0 bridgehead atoms. The van der Waals surface area contributed by atoms with Crippen LogP contribution in [0.4, 0.5) is 11.5 Å². The number of hydrogen-bond donors (Lipinski definition) is 3. The van der Waals surface area contributed by atoms with Crippen molar-refractivity contribution in [2.24, 2.45) is 0 Å². The molecule has 1 aliphatic heterocycles. The van der Waals surface area contributed by atoms with Gasteiger partial charge < -0.3 is 16.0 Å². The van der Waals surface area contributed by atoms with Crippen LogP contribution >= 0.6 is 0 Å². The van der Waals surface area contributed by atoms with Gasteiger partial charge in [-0.15, -0.1) is 0 Å². The second kappa shape index (κ2) is 7.97. The molecule has 5 nitrogen and oxygen atoms in total. The van der Waals surface area contributed by atoms with Crippen molar-refractivity contribution in [1.82, 2.24) is 15.3 Å². The van der Waals surface area contributed by atoms with E-state index in [1.807, 2.05) is 36.4 Å². The molecule has 0 saturated carbocycles. The van der Waals surface area contributed by atoms with Crippen LogP contribution in [0.5, 0.6) is 0 Å². The number of anilines is 2. The van der Waals surface area contributed by atoms with Crippen molar-refractivity contribution in [2.45, 2.75) is 13.0 Å².